The summed E-state index contributed by atoms with van der Waals surface area (Å²) in [6.45, 7) is 0.581. The van der Waals surface area contributed by atoms with Gasteiger partial charge in [-0.3, -0.25) is 4.98 Å². The molecule has 2 heterocycles. The number of anilines is 2. The van der Waals surface area contributed by atoms with Gasteiger partial charge in [-0.05, 0) is 17.7 Å². The van der Waals surface area contributed by atoms with E-state index < -0.39 is 5.97 Å². The summed E-state index contributed by atoms with van der Waals surface area (Å²) in [7, 11) is 3.13. The number of nitrogen functional groups attached to an aromatic ring is 1. The van der Waals surface area contributed by atoms with Gasteiger partial charge in [0.05, 0.1) is 12.8 Å². The number of nitrogens with zero attached hydrogens (tertiary/aromatic N) is 3. The van der Waals surface area contributed by atoms with Crippen molar-refractivity contribution in [2.24, 2.45) is 0 Å². The van der Waals surface area contributed by atoms with Crippen molar-refractivity contribution in [1.29, 1.82) is 5.26 Å². The summed E-state index contributed by atoms with van der Waals surface area (Å²) in [6.07, 6.45) is 3.41. The van der Waals surface area contributed by atoms with Crippen molar-refractivity contribution in [2.75, 3.05) is 24.8 Å². The normalized spacial score (nSPS) is 9.95. The first-order valence-corrected chi connectivity index (χ1v) is 6.90. The molecule has 0 aliphatic carbocycles. The highest BCUT2D eigenvalue weighted by molar-refractivity contribution is 7.18. The minimum atomic E-state index is -0.530. The Kier molecular flexibility index (Phi) is 4.40. The lowest BCUT2D eigenvalue weighted by Crippen LogP contribution is -2.16. The fraction of sp³-hybridized carbons (Fsp3) is 0.214. The van der Waals surface area contributed by atoms with E-state index in [1.54, 1.807) is 12.4 Å². The summed E-state index contributed by atoms with van der Waals surface area (Å²) in [5.41, 5.74) is 7.39. The number of carbonyl (C=O) groups is 1. The van der Waals surface area contributed by atoms with Gasteiger partial charge in [0.1, 0.15) is 21.5 Å². The number of rotatable bonds is 4. The van der Waals surface area contributed by atoms with Crippen LogP contribution in [0.3, 0.4) is 0 Å². The maximum atomic E-state index is 11.7. The molecule has 0 saturated carbocycles. The molecule has 2 aromatic heterocycles. The number of aromatic nitrogens is 1. The molecule has 108 valence electrons. The molecule has 0 spiro atoms. The van der Waals surface area contributed by atoms with Crippen molar-refractivity contribution in [2.45, 2.75) is 6.54 Å². The van der Waals surface area contributed by atoms with Crippen molar-refractivity contribution in [3.63, 3.8) is 0 Å². The van der Waals surface area contributed by atoms with E-state index in [0.29, 0.717) is 17.1 Å². The highest BCUT2D eigenvalue weighted by Gasteiger charge is 2.23. The van der Waals surface area contributed by atoms with Gasteiger partial charge in [-0.1, -0.05) is 0 Å². The zero-order valence-electron chi connectivity index (χ0n) is 11.7. The quantitative estimate of drug-likeness (QED) is 0.869. The second-order valence-corrected chi connectivity index (χ2v) is 5.34. The van der Waals surface area contributed by atoms with Gasteiger partial charge >= 0.3 is 5.97 Å². The number of methoxy groups -OCH3 is 1. The molecule has 0 aliphatic heterocycles. The first-order chi connectivity index (χ1) is 10.1. The van der Waals surface area contributed by atoms with Crippen LogP contribution in [0.5, 0.6) is 0 Å². The second-order valence-electron chi connectivity index (χ2n) is 4.34. The van der Waals surface area contributed by atoms with Crippen LogP contribution in [0.1, 0.15) is 20.8 Å². The van der Waals surface area contributed by atoms with Gasteiger partial charge in [-0.25, -0.2) is 4.79 Å². The molecule has 0 amide bonds. The van der Waals surface area contributed by atoms with Gasteiger partial charge in [0, 0.05) is 26.0 Å². The van der Waals surface area contributed by atoms with Crippen molar-refractivity contribution in [3.8, 4) is 6.07 Å². The van der Waals surface area contributed by atoms with E-state index in [1.165, 1.54) is 7.11 Å². The third-order valence-corrected chi connectivity index (χ3v) is 4.22. The van der Waals surface area contributed by atoms with Crippen molar-refractivity contribution in [1.82, 2.24) is 4.98 Å². The number of ether oxygens (including phenoxy) is 1. The standard InChI is InChI=1S/C14H14N4O2S/c1-18(8-9-3-5-17-6-4-9)13-10(7-15)11(16)12(21-13)14(19)20-2/h3-6H,8,16H2,1-2H3. The molecule has 2 rings (SSSR count). The molecule has 2 N–H and O–H groups in total. The monoisotopic (exact) mass is 302 g/mol. The lowest BCUT2D eigenvalue weighted by atomic mass is 10.2. The Morgan fingerprint density at radius 1 is 1.52 bits per heavy atom. The maximum Gasteiger partial charge on any atom is 0.350 e. The summed E-state index contributed by atoms with van der Waals surface area (Å²) in [5.74, 6) is -0.530. The Morgan fingerprint density at radius 2 is 2.19 bits per heavy atom. The van der Waals surface area contributed by atoms with Crippen LogP contribution in [0.4, 0.5) is 10.7 Å². The Hall–Kier alpha value is -2.59. The molecule has 0 unspecified atom stereocenters. The van der Waals surface area contributed by atoms with Crippen LogP contribution in [0.25, 0.3) is 0 Å². The Balaban J connectivity index is 2.35. The van der Waals surface area contributed by atoms with Crippen LogP contribution in [0.2, 0.25) is 0 Å². The van der Waals surface area contributed by atoms with Crippen LogP contribution in [0.15, 0.2) is 24.5 Å². The van der Waals surface area contributed by atoms with Gasteiger partial charge in [-0.2, -0.15) is 5.26 Å². The average Bonchev–Trinajstić information content (AvgIpc) is 2.84. The molecule has 0 atom stereocenters. The molecule has 0 aromatic carbocycles. The predicted octanol–water partition coefficient (Wildman–Crippen LogP) is 2.02. The zero-order chi connectivity index (χ0) is 15.4. The van der Waals surface area contributed by atoms with Gasteiger partial charge < -0.3 is 15.4 Å². The van der Waals surface area contributed by atoms with Crippen molar-refractivity contribution >= 4 is 28.0 Å². The van der Waals surface area contributed by atoms with Crippen LogP contribution in [0, 0.1) is 11.3 Å². The third kappa shape index (κ3) is 2.95. The van der Waals surface area contributed by atoms with E-state index in [-0.39, 0.29) is 10.6 Å². The number of nitriles is 1. The smallest absolute Gasteiger partial charge is 0.350 e. The second kappa shape index (κ2) is 6.24. The molecule has 6 nitrogen and oxygen atoms in total. The van der Waals surface area contributed by atoms with E-state index in [9.17, 15) is 10.1 Å². The van der Waals surface area contributed by atoms with Gasteiger partial charge in [0.25, 0.3) is 0 Å². The van der Waals surface area contributed by atoms with Gasteiger partial charge in [0.2, 0.25) is 0 Å². The fourth-order valence-electron chi connectivity index (χ4n) is 1.89. The van der Waals surface area contributed by atoms with E-state index in [0.717, 1.165) is 16.9 Å². The SMILES string of the molecule is COC(=O)c1sc(N(C)Cc2ccncc2)c(C#N)c1N. The summed E-state index contributed by atoms with van der Waals surface area (Å²) in [4.78, 5) is 17.8. The first kappa shape index (κ1) is 14.8. The molecule has 21 heavy (non-hydrogen) atoms. The molecule has 7 heteroatoms. The minimum Gasteiger partial charge on any atom is -0.465 e. The molecular formula is C14H14N4O2S. The Labute approximate surface area is 126 Å². The number of esters is 1. The third-order valence-electron chi connectivity index (χ3n) is 2.92. The molecule has 2 aromatic rings. The van der Waals surface area contributed by atoms with E-state index in [1.807, 2.05) is 24.1 Å². The molecule has 0 aliphatic rings. The largest absolute Gasteiger partial charge is 0.465 e. The molecule has 0 fully saturated rings. The zero-order valence-corrected chi connectivity index (χ0v) is 12.5. The number of hydrogen-bond acceptors (Lipinski definition) is 7. The molecule has 0 bridgehead atoms. The number of nitrogens with two attached hydrogens (primary N) is 1. The molecular weight excluding hydrogens is 288 g/mol. The average molecular weight is 302 g/mol. The summed E-state index contributed by atoms with van der Waals surface area (Å²) < 4.78 is 4.68. The van der Waals surface area contributed by atoms with Crippen LogP contribution in [-0.2, 0) is 11.3 Å². The summed E-state index contributed by atoms with van der Waals surface area (Å²) >= 11 is 1.16. The van der Waals surface area contributed by atoms with Crippen LogP contribution < -0.4 is 10.6 Å². The van der Waals surface area contributed by atoms with Crippen molar-refractivity contribution < 1.29 is 9.53 Å². The van der Waals surface area contributed by atoms with Gasteiger partial charge in [-0.15, -0.1) is 11.3 Å². The first-order valence-electron chi connectivity index (χ1n) is 6.09. The summed E-state index contributed by atoms with van der Waals surface area (Å²) in [6, 6.07) is 5.83. The lowest BCUT2D eigenvalue weighted by Gasteiger charge is -2.17. The maximum absolute atomic E-state index is 11.7. The van der Waals surface area contributed by atoms with E-state index in [2.05, 4.69) is 15.8 Å². The number of pyridine rings is 1. The predicted molar refractivity (Wildman–Crippen MR) is 81.1 cm³/mol. The lowest BCUT2D eigenvalue weighted by molar-refractivity contribution is 0.0607. The van der Waals surface area contributed by atoms with Gasteiger partial charge in [0.15, 0.2) is 0 Å². The summed E-state index contributed by atoms with van der Waals surface area (Å²) in [5, 5.41) is 9.92. The highest BCUT2D eigenvalue weighted by Crippen LogP contribution is 2.38. The van der Waals surface area contributed by atoms with E-state index >= 15 is 0 Å². The minimum absolute atomic E-state index is 0.172. The number of carbonyl (C=O) groups excluding carboxylic acids is 1. The van der Waals surface area contributed by atoms with Crippen LogP contribution in [-0.4, -0.2) is 25.1 Å². The van der Waals surface area contributed by atoms with Crippen LogP contribution >= 0.6 is 11.3 Å². The molecule has 0 saturated heterocycles. The highest BCUT2D eigenvalue weighted by atomic mass is 32.1. The Bertz CT molecular complexity index is 691. The van der Waals surface area contributed by atoms with Crippen molar-refractivity contribution in [3.05, 3.63) is 40.5 Å². The Morgan fingerprint density at radius 3 is 2.76 bits per heavy atom. The molecule has 0 radical (unpaired) electrons. The number of thiophene rings is 1. The van der Waals surface area contributed by atoms with E-state index in [4.69, 9.17) is 5.73 Å². The topological polar surface area (TPSA) is 92.2 Å². The fourth-order valence-corrected chi connectivity index (χ4v) is 2.94. The number of hydrogen-bond donors (Lipinski definition) is 1.